The zero-order valence-corrected chi connectivity index (χ0v) is 15.8. The van der Waals surface area contributed by atoms with E-state index < -0.39 is 0 Å². The molecule has 4 aromatic rings. The second-order valence-corrected chi connectivity index (χ2v) is 6.78. The first kappa shape index (κ1) is 16.4. The minimum Gasteiger partial charge on any atom is -0.361 e. The topological polar surface area (TPSA) is 81.6 Å². The Labute approximate surface area is 150 Å². The number of hydrogen-bond acceptors (Lipinski definition) is 4. The highest BCUT2D eigenvalue weighted by molar-refractivity contribution is 5.97. The summed E-state index contributed by atoms with van der Waals surface area (Å²) in [7, 11) is 3.71. The van der Waals surface area contributed by atoms with Crippen LogP contribution in [0.3, 0.4) is 0 Å². The van der Waals surface area contributed by atoms with E-state index in [4.69, 9.17) is 4.52 Å². The lowest BCUT2D eigenvalue weighted by Crippen LogP contribution is -2.12. The van der Waals surface area contributed by atoms with Gasteiger partial charge in [0.2, 0.25) is 0 Å². The Bertz CT molecular complexity index is 1200. The molecule has 0 spiro atoms. The lowest BCUT2D eigenvalue weighted by atomic mass is 9.95. The van der Waals surface area contributed by atoms with Crippen LogP contribution in [-0.2, 0) is 14.1 Å². The molecule has 0 fully saturated rings. The van der Waals surface area contributed by atoms with Gasteiger partial charge in [0, 0.05) is 36.5 Å². The maximum Gasteiger partial charge on any atom is 0.326 e. The Morgan fingerprint density at radius 1 is 1.04 bits per heavy atom. The second-order valence-electron chi connectivity index (χ2n) is 6.78. The van der Waals surface area contributed by atoms with Crippen molar-refractivity contribution >= 4 is 11.0 Å². The summed E-state index contributed by atoms with van der Waals surface area (Å²) in [5, 5.41) is 8.61. The highest BCUT2D eigenvalue weighted by Crippen LogP contribution is 2.37. The van der Waals surface area contributed by atoms with Crippen LogP contribution < -0.4 is 5.69 Å². The van der Waals surface area contributed by atoms with Gasteiger partial charge in [0.15, 0.2) is 0 Å². The monoisotopic (exact) mass is 351 g/mol. The highest BCUT2D eigenvalue weighted by atomic mass is 16.5. The molecule has 0 aliphatic heterocycles. The molecule has 3 heterocycles. The first-order chi connectivity index (χ1) is 12.3. The Morgan fingerprint density at radius 2 is 1.77 bits per heavy atom. The molecule has 0 aliphatic rings. The molecule has 0 amide bonds. The number of fused-ring (bicyclic) bond motifs is 1. The van der Waals surface area contributed by atoms with Crippen molar-refractivity contribution in [2.45, 2.75) is 27.7 Å². The average Bonchev–Trinajstić information content (AvgIpc) is 3.15. The quantitative estimate of drug-likeness (QED) is 0.601. The lowest BCUT2D eigenvalue weighted by Gasteiger charge is -2.10. The van der Waals surface area contributed by atoms with E-state index in [1.165, 1.54) is 0 Å². The number of nitrogens with one attached hydrogen (secondary N) is 1. The van der Waals surface area contributed by atoms with Gasteiger partial charge in [0.05, 0.1) is 22.4 Å². The van der Waals surface area contributed by atoms with E-state index in [-0.39, 0.29) is 5.69 Å². The summed E-state index contributed by atoms with van der Waals surface area (Å²) in [6, 6.07) is 4.08. The van der Waals surface area contributed by atoms with Crippen LogP contribution in [0.1, 0.15) is 22.8 Å². The smallest absolute Gasteiger partial charge is 0.326 e. The fourth-order valence-corrected chi connectivity index (χ4v) is 3.79. The van der Waals surface area contributed by atoms with Crippen molar-refractivity contribution in [1.82, 2.24) is 24.5 Å². The molecule has 1 aromatic carbocycles. The summed E-state index contributed by atoms with van der Waals surface area (Å²) in [5.41, 5.74) is 8.25. The summed E-state index contributed by atoms with van der Waals surface area (Å²) in [4.78, 5) is 15.2. The molecule has 0 bridgehead atoms. The third-order valence-electron chi connectivity index (χ3n) is 5.09. The molecule has 3 aromatic heterocycles. The van der Waals surface area contributed by atoms with Crippen molar-refractivity contribution in [1.29, 1.82) is 0 Å². The van der Waals surface area contributed by atoms with Crippen LogP contribution in [0.5, 0.6) is 0 Å². The van der Waals surface area contributed by atoms with E-state index in [2.05, 4.69) is 21.3 Å². The molecule has 0 atom stereocenters. The maximum atomic E-state index is 12.3. The number of aromatic amines is 1. The molecule has 7 heteroatoms. The van der Waals surface area contributed by atoms with Gasteiger partial charge in [-0.25, -0.2) is 4.79 Å². The molecular weight excluding hydrogens is 330 g/mol. The minimum absolute atomic E-state index is 0.142. The van der Waals surface area contributed by atoms with Crippen molar-refractivity contribution in [2.24, 2.45) is 14.1 Å². The molecule has 0 aliphatic carbocycles. The normalized spacial score (nSPS) is 11.6. The SMILES string of the molecule is Cc1noc(C)c1-c1cc(-c2c(C)nn(C)c2C)c2c(c1)[nH]c(=O)n2C. The number of aryl methyl sites for hydroxylation is 5. The summed E-state index contributed by atoms with van der Waals surface area (Å²) in [6.07, 6.45) is 0. The van der Waals surface area contributed by atoms with Crippen molar-refractivity contribution in [3.05, 3.63) is 45.5 Å². The molecule has 0 radical (unpaired) electrons. The van der Waals surface area contributed by atoms with E-state index in [1.807, 2.05) is 45.5 Å². The van der Waals surface area contributed by atoms with Crippen molar-refractivity contribution < 1.29 is 4.52 Å². The third-order valence-corrected chi connectivity index (χ3v) is 5.09. The van der Waals surface area contributed by atoms with Crippen LogP contribution in [-0.4, -0.2) is 24.5 Å². The van der Waals surface area contributed by atoms with Crippen molar-refractivity contribution in [2.75, 3.05) is 0 Å². The number of rotatable bonds is 2. The summed E-state index contributed by atoms with van der Waals surface area (Å²) >= 11 is 0. The number of benzene rings is 1. The van der Waals surface area contributed by atoms with Crippen LogP contribution in [0.15, 0.2) is 21.5 Å². The summed E-state index contributed by atoms with van der Waals surface area (Å²) in [6.45, 7) is 7.84. The van der Waals surface area contributed by atoms with Gasteiger partial charge in [-0.1, -0.05) is 5.16 Å². The molecule has 7 nitrogen and oxygen atoms in total. The number of H-pyrrole nitrogens is 1. The van der Waals surface area contributed by atoms with Gasteiger partial charge in [0.1, 0.15) is 5.76 Å². The number of imidazole rings is 1. The fraction of sp³-hybridized carbons (Fsp3) is 0.316. The van der Waals surface area contributed by atoms with Gasteiger partial charge in [-0.3, -0.25) is 9.25 Å². The predicted molar refractivity (Wildman–Crippen MR) is 100 cm³/mol. The van der Waals surface area contributed by atoms with Gasteiger partial charge in [0.25, 0.3) is 0 Å². The molecule has 4 rings (SSSR count). The number of aromatic nitrogens is 5. The molecule has 0 unspecified atom stereocenters. The summed E-state index contributed by atoms with van der Waals surface area (Å²) in [5.74, 6) is 0.755. The first-order valence-electron chi connectivity index (χ1n) is 8.46. The van der Waals surface area contributed by atoms with E-state index in [0.717, 1.165) is 56.1 Å². The van der Waals surface area contributed by atoms with Crippen LogP contribution in [0.4, 0.5) is 0 Å². The maximum absolute atomic E-state index is 12.3. The average molecular weight is 351 g/mol. The zero-order chi connectivity index (χ0) is 18.7. The number of hydrogen-bond donors (Lipinski definition) is 1. The molecule has 0 saturated heterocycles. The minimum atomic E-state index is -0.142. The van der Waals surface area contributed by atoms with E-state index in [0.29, 0.717) is 0 Å². The van der Waals surface area contributed by atoms with Crippen LogP contribution in [0.25, 0.3) is 33.3 Å². The van der Waals surface area contributed by atoms with Gasteiger partial charge in [-0.05, 0) is 45.4 Å². The Kier molecular flexibility index (Phi) is 3.44. The Hall–Kier alpha value is -3.09. The van der Waals surface area contributed by atoms with Crippen LogP contribution in [0, 0.1) is 27.7 Å². The zero-order valence-electron chi connectivity index (χ0n) is 15.8. The van der Waals surface area contributed by atoms with E-state index in [9.17, 15) is 4.79 Å². The van der Waals surface area contributed by atoms with Gasteiger partial charge < -0.3 is 9.51 Å². The predicted octanol–water partition coefficient (Wildman–Crippen LogP) is 3.16. The Morgan fingerprint density at radius 3 is 2.35 bits per heavy atom. The summed E-state index contributed by atoms with van der Waals surface area (Å²) < 4.78 is 8.86. The highest BCUT2D eigenvalue weighted by Gasteiger charge is 2.21. The van der Waals surface area contributed by atoms with E-state index >= 15 is 0 Å². The van der Waals surface area contributed by atoms with Crippen molar-refractivity contribution in [3.8, 4) is 22.3 Å². The van der Waals surface area contributed by atoms with E-state index in [1.54, 1.807) is 11.6 Å². The molecule has 26 heavy (non-hydrogen) atoms. The molecule has 0 saturated carbocycles. The number of nitrogens with zero attached hydrogens (tertiary/aromatic N) is 4. The van der Waals surface area contributed by atoms with Crippen molar-refractivity contribution in [3.63, 3.8) is 0 Å². The molecular formula is C19H21N5O2. The molecule has 134 valence electrons. The molecule has 1 N–H and O–H groups in total. The first-order valence-corrected chi connectivity index (χ1v) is 8.46. The van der Waals surface area contributed by atoms with Gasteiger partial charge in [-0.2, -0.15) is 5.10 Å². The van der Waals surface area contributed by atoms with Gasteiger partial charge >= 0.3 is 5.69 Å². The van der Waals surface area contributed by atoms with Crippen LogP contribution >= 0.6 is 0 Å². The standard InChI is InChI=1S/C19H21N5O2/c1-9-16(11(3)24(6)21-9)14-7-13(17-10(2)22-26-12(17)4)8-15-18(14)23(5)19(25)20-15/h7-8H,1-6H3,(H,20,25). The lowest BCUT2D eigenvalue weighted by molar-refractivity contribution is 0.393. The second kappa shape index (κ2) is 5.45. The van der Waals surface area contributed by atoms with Crippen LogP contribution in [0.2, 0.25) is 0 Å². The largest absolute Gasteiger partial charge is 0.361 e. The fourth-order valence-electron chi connectivity index (χ4n) is 3.79. The third kappa shape index (κ3) is 2.16. The Balaban J connectivity index is 2.16. The van der Waals surface area contributed by atoms with Gasteiger partial charge in [-0.15, -0.1) is 0 Å².